The van der Waals surface area contributed by atoms with Gasteiger partial charge in [-0.2, -0.15) is 0 Å². The predicted octanol–water partition coefficient (Wildman–Crippen LogP) is 3.08. The summed E-state index contributed by atoms with van der Waals surface area (Å²) in [6, 6.07) is 16.1. The Morgan fingerprint density at radius 3 is 1.42 bits per heavy atom. The van der Waals surface area contributed by atoms with E-state index in [0.717, 1.165) is 11.4 Å². The summed E-state index contributed by atoms with van der Waals surface area (Å²) in [7, 11) is 0. The molecule has 0 aliphatic heterocycles. The van der Waals surface area contributed by atoms with E-state index >= 15 is 0 Å². The maximum Gasteiger partial charge on any atom is 0.0767 e. The van der Waals surface area contributed by atoms with Gasteiger partial charge >= 0.3 is 0 Å². The molecule has 0 amide bonds. The van der Waals surface area contributed by atoms with Crippen LogP contribution >= 0.6 is 0 Å². The number of nitrogens with one attached hydrogen (secondary N) is 2. The minimum absolute atomic E-state index is 0.0842. The van der Waals surface area contributed by atoms with Crippen LogP contribution in [0.4, 0.5) is 11.4 Å². The Morgan fingerprint density at radius 1 is 0.667 bits per heavy atom. The van der Waals surface area contributed by atoms with Gasteiger partial charge in [0.25, 0.3) is 0 Å². The number of hydrogen-bond acceptors (Lipinski definition) is 4. The third-order valence-electron chi connectivity index (χ3n) is 4.73. The zero-order chi connectivity index (χ0) is 17.1. The number of aliphatic hydroxyl groups excluding tert-OH is 2. The van der Waals surface area contributed by atoms with Crippen molar-refractivity contribution < 1.29 is 10.2 Å². The molecule has 0 spiro atoms. The lowest BCUT2D eigenvalue weighted by molar-refractivity contribution is 0.0242. The molecule has 128 valence electrons. The number of anilines is 2. The van der Waals surface area contributed by atoms with Crippen LogP contribution in [0.3, 0.4) is 0 Å². The molecule has 1 aliphatic rings. The highest BCUT2D eigenvalue weighted by molar-refractivity contribution is 5.47. The average molecular weight is 326 g/mol. The van der Waals surface area contributed by atoms with Gasteiger partial charge in [0.1, 0.15) is 0 Å². The summed E-state index contributed by atoms with van der Waals surface area (Å²) in [5.74, 6) is 0. The lowest BCUT2D eigenvalue weighted by Gasteiger charge is -2.38. The van der Waals surface area contributed by atoms with Crippen molar-refractivity contribution >= 4 is 11.4 Å². The van der Waals surface area contributed by atoms with Crippen LogP contribution in [0.5, 0.6) is 0 Å². The van der Waals surface area contributed by atoms with Crippen molar-refractivity contribution in [1.82, 2.24) is 0 Å². The SMILES string of the molecule is Cc1ccc(N[C@H]2C[C@H](Nc3ccc(C)cc3)[C@@H](O)C[C@@H]2O)cc1. The molecule has 4 heteroatoms. The molecule has 2 aromatic rings. The molecular weight excluding hydrogens is 300 g/mol. The number of aliphatic hydroxyl groups is 2. The van der Waals surface area contributed by atoms with Crippen molar-refractivity contribution in [1.29, 1.82) is 0 Å². The van der Waals surface area contributed by atoms with E-state index in [9.17, 15) is 10.2 Å². The summed E-state index contributed by atoms with van der Waals surface area (Å²) in [6.45, 7) is 4.11. The van der Waals surface area contributed by atoms with Crippen LogP contribution in [0.15, 0.2) is 48.5 Å². The van der Waals surface area contributed by atoms with Gasteiger partial charge in [-0.25, -0.2) is 0 Å². The topological polar surface area (TPSA) is 64.5 Å². The number of hydrogen-bond donors (Lipinski definition) is 4. The number of benzene rings is 2. The highest BCUT2D eigenvalue weighted by Crippen LogP contribution is 2.26. The second-order valence-electron chi connectivity index (χ2n) is 6.84. The largest absolute Gasteiger partial charge is 0.391 e. The van der Waals surface area contributed by atoms with Crippen molar-refractivity contribution in [2.24, 2.45) is 0 Å². The summed E-state index contributed by atoms with van der Waals surface area (Å²) in [6.07, 6.45) is -0.0910. The summed E-state index contributed by atoms with van der Waals surface area (Å²) < 4.78 is 0. The fourth-order valence-corrected chi connectivity index (χ4v) is 3.20. The molecule has 1 aliphatic carbocycles. The van der Waals surface area contributed by atoms with Crippen LogP contribution in [0.1, 0.15) is 24.0 Å². The minimum atomic E-state index is -0.558. The summed E-state index contributed by atoms with van der Waals surface area (Å²) >= 11 is 0. The van der Waals surface area contributed by atoms with Crippen LogP contribution in [0, 0.1) is 13.8 Å². The van der Waals surface area contributed by atoms with Gasteiger partial charge in [0.05, 0.1) is 24.3 Å². The molecule has 0 aromatic heterocycles. The first-order chi connectivity index (χ1) is 11.5. The van der Waals surface area contributed by atoms with Gasteiger partial charge in [-0.05, 0) is 44.5 Å². The monoisotopic (exact) mass is 326 g/mol. The molecule has 3 rings (SSSR count). The highest BCUT2D eigenvalue weighted by atomic mass is 16.3. The zero-order valence-corrected chi connectivity index (χ0v) is 14.2. The lowest BCUT2D eigenvalue weighted by atomic mass is 9.86. The predicted molar refractivity (Wildman–Crippen MR) is 98.4 cm³/mol. The van der Waals surface area contributed by atoms with E-state index < -0.39 is 12.2 Å². The molecular formula is C20H26N2O2. The van der Waals surface area contributed by atoms with Crippen LogP contribution in [0.25, 0.3) is 0 Å². The van der Waals surface area contributed by atoms with Crippen molar-refractivity contribution in [2.75, 3.05) is 10.6 Å². The van der Waals surface area contributed by atoms with Crippen LogP contribution < -0.4 is 10.6 Å². The van der Waals surface area contributed by atoms with Gasteiger partial charge in [-0.15, -0.1) is 0 Å². The minimum Gasteiger partial charge on any atom is -0.391 e. The van der Waals surface area contributed by atoms with Gasteiger partial charge in [-0.3, -0.25) is 0 Å². The number of aryl methyl sites for hydroxylation is 2. The highest BCUT2D eigenvalue weighted by Gasteiger charge is 2.35. The molecule has 0 radical (unpaired) electrons. The lowest BCUT2D eigenvalue weighted by Crippen LogP contribution is -2.51. The number of rotatable bonds is 4. The summed E-state index contributed by atoms with van der Waals surface area (Å²) in [5.41, 5.74) is 4.41. The van der Waals surface area contributed by atoms with Crippen LogP contribution in [0.2, 0.25) is 0 Å². The van der Waals surface area contributed by atoms with Crippen molar-refractivity contribution in [2.45, 2.75) is 51.0 Å². The maximum atomic E-state index is 10.3. The van der Waals surface area contributed by atoms with Crippen molar-refractivity contribution in [3.8, 4) is 0 Å². The van der Waals surface area contributed by atoms with E-state index in [4.69, 9.17) is 0 Å². The van der Waals surface area contributed by atoms with Crippen LogP contribution in [-0.4, -0.2) is 34.5 Å². The summed E-state index contributed by atoms with van der Waals surface area (Å²) in [5, 5.41) is 27.5. The molecule has 0 bridgehead atoms. The summed E-state index contributed by atoms with van der Waals surface area (Å²) in [4.78, 5) is 0. The Bertz CT molecular complexity index is 597. The molecule has 1 fully saturated rings. The molecule has 0 unspecified atom stereocenters. The fraction of sp³-hybridized carbons (Fsp3) is 0.400. The van der Waals surface area contributed by atoms with E-state index in [1.165, 1.54) is 11.1 Å². The average Bonchev–Trinajstić information content (AvgIpc) is 2.56. The Balaban J connectivity index is 1.67. The Morgan fingerprint density at radius 2 is 1.04 bits per heavy atom. The maximum absolute atomic E-state index is 10.3. The first-order valence-electron chi connectivity index (χ1n) is 8.54. The zero-order valence-electron chi connectivity index (χ0n) is 14.2. The first kappa shape index (κ1) is 16.8. The fourth-order valence-electron chi connectivity index (χ4n) is 3.20. The smallest absolute Gasteiger partial charge is 0.0767 e. The van der Waals surface area contributed by atoms with Crippen molar-refractivity contribution in [3.63, 3.8) is 0 Å². The first-order valence-corrected chi connectivity index (χ1v) is 8.54. The quantitative estimate of drug-likeness (QED) is 0.697. The molecule has 0 saturated heterocycles. The van der Waals surface area contributed by atoms with Crippen LogP contribution in [-0.2, 0) is 0 Å². The molecule has 2 aromatic carbocycles. The van der Waals surface area contributed by atoms with Crippen molar-refractivity contribution in [3.05, 3.63) is 59.7 Å². The molecule has 1 saturated carbocycles. The Hall–Kier alpha value is -2.04. The van der Waals surface area contributed by atoms with Gasteiger partial charge < -0.3 is 20.8 Å². The second-order valence-corrected chi connectivity index (χ2v) is 6.84. The second kappa shape index (κ2) is 7.24. The molecule has 4 N–H and O–H groups in total. The molecule has 0 heterocycles. The van der Waals surface area contributed by atoms with Gasteiger partial charge in [0.15, 0.2) is 0 Å². The van der Waals surface area contributed by atoms with E-state index in [-0.39, 0.29) is 12.1 Å². The Kier molecular flexibility index (Phi) is 5.07. The molecule has 4 atom stereocenters. The third kappa shape index (κ3) is 4.08. The van der Waals surface area contributed by atoms with Gasteiger partial charge in [0, 0.05) is 17.8 Å². The third-order valence-corrected chi connectivity index (χ3v) is 4.73. The molecule has 24 heavy (non-hydrogen) atoms. The normalized spacial score (nSPS) is 26.8. The standard InChI is InChI=1S/C20H26N2O2/c1-13-3-7-15(8-4-13)21-17-11-18(20(24)12-19(17)23)22-16-9-5-14(2)6-10-16/h3-10,17-24H,11-12H2,1-2H3/t17-,18-,19-,20-/m0/s1. The van der Waals surface area contributed by atoms with E-state index in [0.29, 0.717) is 12.8 Å². The van der Waals surface area contributed by atoms with Gasteiger partial charge in [0.2, 0.25) is 0 Å². The molecule has 4 nitrogen and oxygen atoms in total. The Labute approximate surface area is 143 Å². The van der Waals surface area contributed by atoms with E-state index in [1.807, 2.05) is 24.3 Å². The van der Waals surface area contributed by atoms with Gasteiger partial charge in [-0.1, -0.05) is 35.4 Å². The van der Waals surface area contributed by atoms with E-state index in [2.05, 4.69) is 48.7 Å². The van der Waals surface area contributed by atoms with E-state index in [1.54, 1.807) is 0 Å².